The third kappa shape index (κ3) is 2.41. The average Bonchev–Trinajstić information content (AvgIpc) is 2.79. The lowest BCUT2D eigenvalue weighted by molar-refractivity contribution is 0.509. The van der Waals surface area contributed by atoms with Crippen molar-refractivity contribution in [2.24, 2.45) is 5.92 Å². The second-order valence-electron chi connectivity index (χ2n) is 5.98. The zero-order chi connectivity index (χ0) is 14.1. The highest BCUT2D eigenvalue weighted by atomic mass is 32.1. The van der Waals surface area contributed by atoms with Crippen LogP contribution in [0.4, 0.5) is 0 Å². The van der Waals surface area contributed by atoms with Crippen molar-refractivity contribution in [3.05, 3.63) is 27.1 Å². The second kappa shape index (κ2) is 5.68. The summed E-state index contributed by atoms with van der Waals surface area (Å²) in [7, 11) is 0. The van der Waals surface area contributed by atoms with Gasteiger partial charge < -0.3 is 0 Å². The first-order valence-corrected chi connectivity index (χ1v) is 8.52. The Morgan fingerprint density at radius 2 is 2.30 bits per heavy atom. The van der Waals surface area contributed by atoms with Crippen molar-refractivity contribution in [1.29, 1.82) is 0 Å². The maximum atomic E-state index is 12.7. The summed E-state index contributed by atoms with van der Waals surface area (Å²) < 4.78 is 1.81. The topological polar surface area (TPSA) is 34.9 Å². The Balaban J connectivity index is 2.01. The van der Waals surface area contributed by atoms with E-state index >= 15 is 0 Å². The normalized spacial score (nSPS) is 18.4. The molecule has 2 heterocycles. The Morgan fingerprint density at radius 1 is 1.45 bits per heavy atom. The SMILES string of the molecule is CCCCCn1cnc2sc3c(c2c1=O)CC[C@H](C)C3. The van der Waals surface area contributed by atoms with Gasteiger partial charge in [-0.3, -0.25) is 9.36 Å². The minimum Gasteiger partial charge on any atom is -0.299 e. The molecule has 0 saturated heterocycles. The number of aromatic nitrogens is 2. The molecule has 108 valence electrons. The number of nitrogens with zero attached hydrogens (tertiary/aromatic N) is 2. The van der Waals surface area contributed by atoms with Crippen molar-refractivity contribution in [2.75, 3.05) is 0 Å². The summed E-state index contributed by atoms with van der Waals surface area (Å²) in [6.07, 6.45) is 8.51. The fraction of sp³-hybridized carbons (Fsp3) is 0.625. The van der Waals surface area contributed by atoms with Crippen LogP contribution in [-0.2, 0) is 19.4 Å². The first kappa shape index (κ1) is 13.8. The van der Waals surface area contributed by atoms with Crippen molar-refractivity contribution in [2.45, 2.75) is 58.9 Å². The first-order chi connectivity index (χ1) is 9.70. The van der Waals surface area contributed by atoms with Gasteiger partial charge in [-0.15, -0.1) is 11.3 Å². The van der Waals surface area contributed by atoms with Gasteiger partial charge in [0.2, 0.25) is 0 Å². The summed E-state index contributed by atoms with van der Waals surface area (Å²) in [5.41, 5.74) is 1.48. The van der Waals surface area contributed by atoms with Crippen molar-refractivity contribution >= 4 is 21.6 Å². The molecule has 0 amide bonds. The molecule has 0 fully saturated rings. The third-order valence-electron chi connectivity index (χ3n) is 4.28. The van der Waals surface area contributed by atoms with Gasteiger partial charge in [-0.2, -0.15) is 0 Å². The number of rotatable bonds is 4. The van der Waals surface area contributed by atoms with Crippen LogP contribution in [0.15, 0.2) is 11.1 Å². The predicted molar refractivity (Wildman–Crippen MR) is 84.6 cm³/mol. The van der Waals surface area contributed by atoms with E-state index < -0.39 is 0 Å². The predicted octanol–water partition coefficient (Wildman–Crippen LogP) is 3.77. The van der Waals surface area contributed by atoms with E-state index in [-0.39, 0.29) is 5.56 Å². The Labute approximate surface area is 123 Å². The van der Waals surface area contributed by atoms with Gasteiger partial charge in [-0.05, 0) is 37.2 Å². The largest absolute Gasteiger partial charge is 0.299 e. The van der Waals surface area contributed by atoms with Gasteiger partial charge in [0.1, 0.15) is 4.83 Å². The van der Waals surface area contributed by atoms with Gasteiger partial charge in [0.15, 0.2) is 0 Å². The van der Waals surface area contributed by atoms with Crippen molar-refractivity contribution in [3.8, 4) is 0 Å². The molecular weight excluding hydrogens is 268 g/mol. The molecule has 0 aliphatic heterocycles. The summed E-state index contributed by atoms with van der Waals surface area (Å²) in [6.45, 7) is 5.28. The second-order valence-corrected chi connectivity index (χ2v) is 7.07. The fourth-order valence-corrected chi connectivity index (χ4v) is 4.40. The van der Waals surface area contributed by atoms with E-state index in [0.717, 1.165) is 41.9 Å². The van der Waals surface area contributed by atoms with Crippen LogP contribution in [0.5, 0.6) is 0 Å². The van der Waals surface area contributed by atoms with Gasteiger partial charge in [-0.25, -0.2) is 4.98 Å². The fourth-order valence-electron chi connectivity index (χ4n) is 3.06. The van der Waals surface area contributed by atoms with Gasteiger partial charge in [0.25, 0.3) is 5.56 Å². The highest BCUT2D eigenvalue weighted by Crippen LogP contribution is 2.35. The highest BCUT2D eigenvalue weighted by molar-refractivity contribution is 7.18. The maximum Gasteiger partial charge on any atom is 0.262 e. The van der Waals surface area contributed by atoms with Gasteiger partial charge in [0, 0.05) is 11.4 Å². The first-order valence-electron chi connectivity index (χ1n) is 7.70. The van der Waals surface area contributed by atoms with Crippen LogP contribution in [0.3, 0.4) is 0 Å². The summed E-state index contributed by atoms with van der Waals surface area (Å²) in [4.78, 5) is 19.5. The molecule has 3 nitrogen and oxygen atoms in total. The molecule has 1 aliphatic rings. The molecule has 2 aromatic heterocycles. The summed E-state index contributed by atoms with van der Waals surface area (Å²) in [5, 5.41) is 0.913. The van der Waals surface area contributed by atoms with Crippen LogP contribution in [0.1, 0.15) is 50.0 Å². The molecule has 1 aliphatic carbocycles. The average molecular weight is 290 g/mol. The number of fused-ring (bicyclic) bond motifs is 3. The molecule has 0 saturated carbocycles. The number of aryl methyl sites for hydroxylation is 2. The molecule has 0 aromatic carbocycles. The Kier molecular flexibility index (Phi) is 3.92. The molecule has 0 unspecified atom stereocenters. The molecule has 0 bridgehead atoms. The van der Waals surface area contributed by atoms with Crippen LogP contribution >= 0.6 is 11.3 Å². The molecule has 0 radical (unpaired) electrons. The number of thiophene rings is 1. The minimum atomic E-state index is 0.179. The molecule has 20 heavy (non-hydrogen) atoms. The highest BCUT2D eigenvalue weighted by Gasteiger charge is 2.22. The van der Waals surface area contributed by atoms with Crippen molar-refractivity contribution in [1.82, 2.24) is 9.55 Å². The molecule has 2 aromatic rings. The Morgan fingerprint density at radius 3 is 3.10 bits per heavy atom. The van der Waals surface area contributed by atoms with Crippen LogP contribution in [0, 0.1) is 5.92 Å². The quantitative estimate of drug-likeness (QED) is 0.803. The third-order valence-corrected chi connectivity index (χ3v) is 5.45. The van der Waals surface area contributed by atoms with Gasteiger partial charge in [-0.1, -0.05) is 26.7 Å². The summed E-state index contributed by atoms with van der Waals surface area (Å²) >= 11 is 1.73. The molecule has 0 spiro atoms. The van der Waals surface area contributed by atoms with Crippen LogP contribution in [0.25, 0.3) is 10.2 Å². The van der Waals surface area contributed by atoms with Crippen LogP contribution in [-0.4, -0.2) is 9.55 Å². The van der Waals surface area contributed by atoms with E-state index in [4.69, 9.17) is 0 Å². The van der Waals surface area contributed by atoms with Crippen LogP contribution < -0.4 is 5.56 Å². The lowest BCUT2D eigenvalue weighted by Gasteiger charge is -2.17. The number of hydrogen-bond acceptors (Lipinski definition) is 3. The Bertz CT molecular complexity index is 671. The maximum absolute atomic E-state index is 12.7. The summed E-state index contributed by atoms with van der Waals surface area (Å²) in [6, 6.07) is 0. The van der Waals surface area contributed by atoms with E-state index in [1.165, 1.54) is 29.7 Å². The number of hydrogen-bond donors (Lipinski definition) is 0. The zero-order valence-corrected chi connectivity index (χ0v) is 13.1. The van der Waals surface area contributed by atoms with E-state index in [0.29, 0.717) is 0 Å². The van der Waals surface area contributed by atoms with Crippen LogP contribution in [0.2, 0.25) is 0 Å². The molecule has 3 rings (SSSR count). The lowest BCUT2D eigenvalue weighted by Crippen LogP contribution is -2.21. The van der Waals surface area contributed by atoms with E-state index in [1.54, 1.807) is 17.7 Å². The molecule has 1 atom stereocenters. The standard InChI is InChI=1S/C16H22N2OS/c1-3-4-5-8-18-10-17-15-14(16(18)19)12-7-6-11(2)9-13(12)20-15/h10-11H,3-9H2,1-2H3/t11-/m0/s1. The number of unbranched alkanes of at least 4 members (excludes halogenated alkanes) is 2. The summed E-state index contributed by atoms with van der Waals surface area (Å²) in [5.74, 6) is 0.738. The molecule has 0 N–H and O–H groups in total. The van der Waals surface area contributed by atoms with Gasteiger partial charge >= 0.3 is 0 Å². The van der Waals surface area contributed by atoms with E-state index in [2.05, 4.69) is 18.8 Å². The van der Waals surface area contributed by atoms with Gasteiger partial charge in [0.05, 0.1) is 11.7 Å². The van der Waals surface area contributed by atoms with E-state index in [1.807, 2.05) is 4.57 Å². The van der Waals surface area contributed by atoms with E-state index in [9.17, 15) is 4.79 Å². The monoisotopic (exact) mass is 290 g/mol. The molecule has 4 heteroatoms. The van der Waals surface area contributed by atoms with Crippen molar-refractivity contribution in [3.63, 3.8) is 0 Å². The molecular formula is C16H22N2OS. The lowest BCUT2D eigenvalue weighted by atomic mass is 9.89. The minimum absolute atomic E-state index is 0.179. The smallest absolute Gasteiger partial charge is 0.262 e. The van der Waals surface area contributed by atoms with Crippen molar-refractivity contribution < 1.29 is 0 Å². The zero-order valence-electron chi connectivity index (χ0n) is 12.3. The Hall–Kier alpha value is -1.16.